The van der Waals surface area contributed by atoms with Crippen molar-refractivity contribution < 1.29 is 22.8 Å². The van der Waals surface area contributed by atoms with Crippen LogP contribution in [0.4, 0.5) is 18.9 Å². The molecule has 0 amide bonds. The molecule has 1 aromatic rings. The van der Waals surface area contributed by atoms with Crippen molar-refractivity contribution in [2.24, 2.45) is 0 Å². The van der Waals surface area contributed by atoms with Crippen LogP contribution in [-0.2, 0) is 6.18 Å². The average molecular weight is 328 g/mol. The van der Waals surface area contributed by atoms with Gasteiger partial charge < -0.3 is 4.74 Å². The zero-order valence-corrected chi connectivity index (χ0v) is 11.0. The Labute approximate surface area is 109 Å². The molecule has 4 nitrogen and oxygen atoms in total. The molecule has 0 atom stereocenters. The summed E-state index contributed by atoms with van der Waals surface area (Å²) in [5.41, 5.74) is -1.52. The fraction of sp³-hybridized carbons (Fsp3) is 0.400. The lowest BCUT2D eigenvalue weighted by molar-refractivity contribution is -0.386. The van der Waals surface area contributed by atoms with Crippen LogP contribution in [0.2, 0.25) is 0 Å². The van der Waals surface area contributed by atoms with Crippen LogP contribution in [0.5, 0.6) is 5.75 Å². The Hall–Kier alpha value is -1.31. The largest absolute Gasteiger partial charge is 0.484 e. The van der Waals surface area contributed by atoms with Crippen LogP contribution in [0.3, 0.4) is 0 Å². The summed E-state index contributed by atoms with van der Waals surface area (Å²) in [5, 5.41) is 10.7. The van der Waals surface area contributed by atoms with Crippen LogP contribution in [0.15, 0.2) is 16.6 Å². The summed E-state index contributed by atoms with van der Waals surface area (Å²) in [6, 6.07) is 1.42. The highest BCUT2D eigenvalue weighted by molar-refractivity contribution is 9.10. The minimum atomic E-state index is -4.61. The maximum Gasteiger partial charge on any atom is 0.417 e. The van der Waals surface area contributed by atoms with Crippen LogP contribution in [0, 0.1) is 10.1 Å². The number of nitrogens with zero attached hydrogens (tertiary/aromatic N) is 1. The van der Waals surface area contributed by atoms with Gasteiger partial charge in [0, 0.05) is 16.6 Å². The Kier molecular flexibility index (Phi) is 4.20. The van der Waals surface area contributed by atoms with E-state index in [9.17, 15) is 23.3 Å². The third-order valence-corrected chi connectivity index (χ3v) is 2.57. The summed E-state index contributed by atoms with van der Waals surface area (Å²) < 4.78 is 42.6. The molecule has 0 unspecified atom stereocenters. The normalized spacial score (nSPS) is 11.7. The van der Waals surface area contributed by atoms with E-state index in [2.05, 4.69) is 15.9 Å². The van der Waals surface area contributed by atoms with Gasteiger partial charge in [-0.25, -0.2) is 0 Å². The number of alkyl halides is 3. The Morgan fingerprint density at radius 1 is 1.39 bits per heavy atom. The molecule has 18 heavy (non-hydrogen) atoms. The minimum Gasteiger partial charge on any atom is -0.484 e. The second kappa shape index (κ2) is 5.13. The smallest absolute Gasteiger partial charge is 0.417 e. The molecule has 0 aliphatic heterocycles. The second-order valence-electron chi connectivity index (χ2n) is 3.72. The van der Waals surface area contributed by atoms with Gasteiger partial charge in [0.1, 0.15) is 0 Å². The van der Waals surface area contributed by atoms with Gasteiger partial charge in [-0.15, -0.1) is 0 Å². The molecule has 0 saturated heterocycles. The van der Waals surface area contributed by atoms with Crippen molar-refractivity contribution in [2.75, 3.05) is 0 Å². The zero-order chi connectivity index (χ0) is 14.1. The summed E-state index contributed by atoms with van der Waals surface area (Å²) in [6.45, 7) is 3.14. The van der Waals surface area contributed by atoms with Gasteiger partial charge in [-0.2, -0.15) is 13.2 Å². The van der Waals surface area contributed by atoms with Gasteiger partial charge in [0.05, 0.1) is 16.6 Å². The second-order valence-corrected chi connectivity index (χ2v) is 4.58. The predicted molar refractivity (Wildman–Crippen MR) is 61.6 cm³/mol. The van der Waals surface area contributed by atoms with E-state index >= 15 is 0 Å². The van der Waals surface area contributed by atoms with Gasteiger partial charge in [-0.05, 0) is 29.8 Å². The van der Waals surface area contributed by atoms with Crippen molar-refractivity contribution in [3.63, 3.8) is 0 Å². The quantitative estimate of drug-likeness (QED) is 0.618. The minimum absolute atomic E-state index is 0.391. The highest BCUT2D eigenvalue weighted by atomic mass is 79.9. The lowest BCUT2D eigenvalue weighted by Gasteiger charge is -2.14. The highest BCUT2D eigenvalue weighted by Gasteiger charge is 2.35. The van der Waals surface area contributed by atoms with E-state index in [0.29, 0.717) is 6.07 Å². The molecule has 1 rings (SSSR count). The van der Waals surface area contributed by atoms with Crippen LogP contribution in [0.25, 0.3) is 0 Å². The molecular weight excluding hydrogens is 319 g/mol. The van der Waals surface area contributed by atoms with Gasteiger partial charge in [0.15, 0.2) is 5.75 Å². The summed E-state index contributed by atoms with van der Waals surface area (Å²) >= 11 is 2.67. The lowest BCUT2D eigenvalue weighted by atomic mass is 10.2. The van der Waals surface area contributed by atoms with Crippen LogP contribution < -0.4 is 4.74 Å². The zero-order valence-electron chi connectivity index (χ0n) is 9.42. The van der Waals surface area contributed by atoms with E-state index in [-0.39, 0.29) is 0 Å². The first-order valence-electron chi connectivity index (χ1n) is 4.84. The van der Waals surface area contributed by atoms with Crippen molar-refractivity contribution in [3.8, 4) is 5.75 Å². The van der Waals surface area contributed by atoms with E-state index in [1.165, 1.54) is 0 Å². The lowest BCUT2D eigenvalue weighted by Crippen LogP contribution is -2.11. The SMILES string of the molecule is CC(C)Oc1cc(C(F)(F)F)c(Br)cc1[N+](=O)[O-]. The number of hydrogen-bond acceptors (Lipinski definition) is 3. The van der Waals surface area contributed by atoms with Crippen LogP contribution in [0.1, 0.15) is 19.4 Å². The molecule has 0 aliphatic rings. The number of nitro benzene ring substituents is 1. The van der Waals surface area contributed by atoms with Gasteiger partial charge in [-0.3, -0.25) is 10.1 Å². The number of benzene rings is 1. The molecule has 100 valence electrons. The monoisotopic (exact) mass is 327 g/mol. The van der Waals surface area contributed by atoms with E-state index in [1.807, 2.05) is 0 Å². The Morgan fingerprint density at radius 2 is 1.94 bits per heavy atom. The topological polar surface area (TPSA) is 52.4 Å². The molecule has 0 fully saturated rings. The fourth-order valence-corrected chi connectivity index (χ4v) is 1.81. The third-order valence-electron chi connectivity index (χ3n) is 1.91. The van der Waals surface area contributed by atoms with Gasteiger partial charge in [-0.1, -0.05) is 0 Å². The summed E-state index contributed by atoms with van der Waals surface area (Å²) in [6.07, 6.45) is -5.07. The molecule has 1 aromatic carbocycles. The van der Waals surface area contributed by atoms with E-state index in [0.717, 1.165) is 6.07 Å². The van der Waals surface area contributed by atoms with Gasteiger partial charge in [0.25, 0.3) is 0 Å². The number of rotatable bonds is 3. The van der Waals surface area contributed by atoms with Crippen molar-refractivity contribution in [3.05, 3.63) is 32.3 Å². The Morgan fingerprint density at radius 3 is 2.33 bits per heavy atom. The first kappa shape index (κ1) is 14.7. The molecule has 0 aliphatic carbocycles. The molecule has 8 heteroatoms. The maximum absolute atomic E-state index is 12.6. The first-order valence-corrected chi connectivity index (χ1v) is 5.64. The molecule has 0 saturated carbocycles. The van der Waals surface area contributed by atoms with E-state index in [1.54, 1.807) is 13.8 Å². The summed E-state index contributed by atoms with van der Waals surface area (Å²) in [4.78, 5) is 9.95. The Balaban J connectivity index is 3.40. The average Bonchev–Trinajstić information content (AvgIpc) is 2.17. The predicted octanol–water partition coefficient (Wildman–Crippen LogP) is 4.16. The van der Waals surface area contributed by atoms with E-state index in [4.69, 9.17) is 4.74 Å². The van der Waals surface area contributed by atoms with Crippen molar-refractivity contribution in [2.45, 2.75) is 26.1 Å². The Bertz CT molecular complexity index is 474. The maximum atomic E-state index is 12.6. The number of hydrogen-bond donors (Lipinski definition) is 0. The number of ether oxygens (including phenoxy) is 1. The molecule has 0 spiro atoms. The van der Waals surface area contributed by atoms with Crippen LogP contribution >= 0.6 is 15.9 Å². The molecule has 0 N–H and O–H groups in total. The summed E-state index contributed by atoms with van der Waals surface area (Å²) in [5.74, 6) is -0.398. The molecule has 0 aromatic heterocycles. The van der Waals surface area contributed by atoms with Crippen molar-refractivity contribution in [1.29, 1.82) is 0 Å². The molecule has 0 radical (unpaired) electrons. The van der Waals surface area contributed by atoms with Gasteiger partial charge >= 0.3 is 11.9 Å². The molecule has 0 bridgehead atoms. The van der Waals surface area contributed by atoms with E-state index < -0.39 is 38.7 Å². The fourth-order valence-electron chi connectivity index (χ4n) is 1.25. The molecule has 0 heterocycles. The van der Waals surface area contributed by atoms with Gasteiger partial charge in [0.2, 0.25) is 0 Å². The van der Waals surface area contributed by atoms with Crippen LogP contribution in [-0.4, -0.2) is 11.0 Å². The standard InChI is InChI=1S/C10H9BrF3NO3/c1-5(2)18-9-3-6(10(12,13)14)7(11)4-8(9)15(16)17/h3-5H,1-2H3. The highest BCUT2D eigenvalue weighted by Crippen LogP contribution is 2.41. The molecular formula is C10H9BrF3NO3. The van der Waals surface area contributed by atoms with Crippen molar-refractivity contribution in [1.82, 2.24) is 0 Å². The third kappa shape index (κ3) is 3.34. The van der Waals surface area contributed by atoms with Crippen molar-refractivity contribution >= 4 is 21.6 Å². The number of nitro groups is 1. The first-order chi connectivity index (χ1) is 8.12. The number of halogens is 4. The summed E-state index contributed by atoms with van der Waals surface area (Å²) in [7, 11) is 0.